The Bertz CT molecular complexity index is 987. The molecule has 29 heavy (non-hydrogen) atoms. The molecule has 1 fully saturated rings. The Kier molecular flexibility index (Phi) is 7.76. The van der Waals surface area contributed by atoms with Gasteiger partial charge in [-0.2, -0.15) is 0 Å². The smallest absolute Gasteiger partial charge is 0.303 e. The van der Waals surface area contributed by atoms with Crippen LogP contribution in [0, 0.1) is 0 Å². The maximum absolute atomic E-state index is 10.6. The summed E-state index contributed by atoms with van der Waals surface area (Å²) in [5.74, 6) is 0.584. The zero-order chi connectivity index (χ0) is 21.0. The molecule has 0 amide bonds. The molecule has 0 radical (unpaired) electrons. The molecule has 1 aliphatic rings. The third-order valence-electron chi connectivity index (χ3n) is 4.25. The standard InChI is InChI=1S/C20H17Cl2NO3S3/c21-14-7-5-12(10-15(14)22)16-8-6-13(26-16)11-17-19(27)23(20(28)29-17)9-3-1-2-4-18(24)25/h5-8,10-11H,1-4,9H2,(H,24,25). The van der Waals surface area contributed by atoms with Gasteiger partial charge >= 0.3 is 5.97 Å². The fourth-order valence-corrected chi connectivity index (χ4v) is 4.87. The average molecular weight is 486 g/mol. The molecule has 0 aliphatic carbocycles. The van der Waals surface area contributed by atoms with Crippen LogP contribution < -0.4 is 0 Å². The molecule has 0 saturated carbocycles. The van der Waals surface area contributed by atoms with Gasteiger partial charge in [0.1, 0.15) is 20.8 Å². The van der Waals surface area contributed by atoms with Gasteiger partial charge in [0, 0.05) is 18.5 Å². The van der Waals surface area contributed by atoms with E-state index in [9.17, 15) is 4.79 Å². The summed E-state index contributed by atoms with van der Waals surface area (Å²) in [5, 5.41) is 9.66. The summed E-state index contributed by atoms with van der Waals surface area (Å²) in [5.41, 5.74) is 0.837. The van der Waals surface area contributed by atoms with Crippen LogP contribution in [0.25, 0.3) is 17.4 Å². The van der Waals surface area contributed by atoms with Crippen molar-refractivity contribution >= 4 is 80.8 Å². The van der Waals surface area contributed by atoms with E-state index < -0.39 is 5.97 Å². The lowest BCUT2D eigenvalue weighted by molar-refractivity contribution is -0.137. The lowest BCUT2D eigenvalue weighted by Gasteiger charge is -2.16. The summed E-state index contributed by atoms with van der Waals surface area (Å²) in [4.78, 5) is 14.0. The van der Waals surface area contributed by atoms with Gasteiger partial charge in [-0.3, -0.25) is 4.79 Å². The van der Waals surface area contributed by atoms with E-state index in [4.69, 9.17) is 57.2 Å². The van der Waals surface area contributed by atoms with E-state index in [2.05, 4.69) is 0 Å². The molecule has 2 heterocycles. The van der Waals surface area contributed by atoms with Crippen molar-refractivity contribution in [3.8, 4) is 11.3 Å². The Morgan fingerprint density at radius 3 is 2.66 bits per heavy atom. The maximum atomic E-state index is 10.6. The quantitative estimate of drug-likeness (QED) is 0.247. The number of thiocarbonyl (C=S) groups is 2. The SMILES string of the molecule is O=C(O)CCCCCN1C(=S)SC(=Cc2ccc(-c3ccc(Cl)c(Cl)c3)o2)C1=S. The Labute approximate surface area is 193 Å². The molecule has 0 bridgehead atoms. The minimum Gasteiger partial charge on any atom is -0.481 e. The summed E-state index contributed by atoms with van der Waals surface area (Å²) in [6, 6.07) is 9.07. The molecular formula is C20H17Cl2NO3S3. The van der Waals surface area contributed by atoms with Gasteiger partial charge in [-0.15, -0.1) is 0 Å². The highest BCUT2D eigenvalue weighted by Gasteiger charge is 2.28. The van der Waals surface area contributed by atoms with Gasteiger partial charge in [0.15, 0.2) is 0 Å². The topological polar surface area (TPSA) is 53.7 Å². The Hall–Kier alpha value is -1.38. The number of hydrogen-bond acceptors (Lipinski definition) is 5. The monoisotopic (exact) mass is 485 g/mol. The highest BCUT2D eigenvalue weighted by Crippen LogP contribution is 2.35. The molecule has 9 heteroatoms. The molecule has 152 valence electrons. The zero-order valence-corrected chi connectivity index (χ0v) is 19.2. The van der Waals surface area contributed by atoms with Gasteiger partial charge in [0.05, 0.1) is 15.0 Å². The molecule has 1 saturated heterocycles. The Balaban J connectivity index is 1.64. The number of rotatable bonds is 8. The van der Waals surface area contributed by atoms with Crippen LogP contribution in [-0.2, 0) is 4.79 Å². The van der Waals surface area contributed by atoms with E-state index in [-0.39, 0.29) is 6.42 Å². The fraction of sp³-hybridized carbons (Fsp3) is 0.250. The number of thioether (sulfide) groups is 1. The van der Waals surface area contributed by atoms with Crippen LogP contribution >= 0.6 is 59.4 Å². The van der Waals surface area contributed by atoms with Gasteiger partial charge in [0.2, 0.25) is 0 Å². The van der Waals surface area contributed by atoms with Crippen LogP contribution in [0.2, 0.25) is 10.0 Å². The molecule has 3 rings (SSSR count). The van der Waals surface area contributed by atoms with E-state index in [1.165, 1.54) is 11.8 Å². The summed E-state index contributed by atoms with van der Waals surface area (Å²) < 4.78 is 6.62. The first-order chi connectivity index (χ1) is 13.8. The second-order valence-electron chi connectivity index (χ2n) is 6.37. The summed E-state index contributed by atoms with van der Waals surface area (Å²) in [6.45, 7) is 0.689. The highest BCUT2D eigenvalue weighted by atomic mass is 35.5. The van der Waals surface area contributed by atoms with E-state index in [1.807, 2.05) is 29.2 Å². The Morgan fingerprint density at radius 1 is 1.14 bits per heavy atom. The van der Waals surface area contributed by atoms with Crippen LogP contribution in [0.3, 0.4) is 0 Å². The number of hydrogen-bond donors (Lipinski definition) is 1. The van der Waals surface area contributed by atoms with Gasteiger partial charge < -0.3 is 14.4 Å². The fourth-order valence-electron chi connectivity index (χ4n) is 2.78. The van der Waals surface area contributed by atoms with Crippen molar-refractivity contribution in [2.24, 2.45) is 0 Å². The molecule has 0 spiro atoms. The second-order valence-corrected chi connectivity index (χ2v) is 9.25. The molecule has 1 aliphatic heterocycles. The summed E-state index contributed by atoms with van der Waals surface area (Å²) in [7, 11) is 0. The Morgan fingerprint density at radius 2 is 1.93 bits per heavy atom. The van der Waals surface area contributed by atoms with Crippen LogP contribution in [-0.4, -0.2) is 31.8 Å². The minimum absolute atomic E-state index is 0.189. The molecular weight excluding hydrogens is 469 g/mol. The maximum Gasteiger partial charge on any atom is 0.303 e. The van der Waals surface area contributed by atoms with Gasteiger partial charge in [0.25, 0.3) is 0 Å². The molecule has 1 N–H and O–H groups in total. The van der Waals surface area contributed by atoms with E-state index in [1.54, 1.807) is 12.1 Å². The number of furan rings is 1. The number of carbonyl (C=O) groups is 1. The molecule has 4 nitrogen and oxygen atoms in total. The lowest BCUT2D eigenvalue weighted by Crippen LogP contribution is -2.27. The molecule has 0 atom stereocenters. The third kappa shape index (κ3) is 5.83. The first-order valence-electron chi connectivity index (χ1n) is 8.87. The van der Waals surface area contributed by atoms with E-state index in [0.717, 1.165) is 23.3 Å². The molecule has 1 aromatic heterocycles. The number of benzene rings is 1. The zero-order valence-electron chi connectivity index (χ0n) is 15.2. The third-order valence-corrected chi connectivity index (χ3v) is 6.96. The van der Waals surface area contributed by atoms with Gasteiger partial charge in [-0.05, 0) is 49.2 Å². The summed E-state index contributed by atoms with van der Waals surface area (Å²) in [6.07, 6.45) is 4.38. The van der Waals surface area contributed by atoms with E-state index >= 15 is 0 Å². The normalized spacial score (nSPS) is 15.5. The second kappa shape index (κ2) is 10.1. The van der Waals surface area contributed by atoms with Crippen LogP contribution in [0.15, 0.2) is 39.7 Å². The van der Waals surface area contributed by atoms with E-state index in [0.29, 0.717) is 43.8 Å². The number of aliphatic carboxylic acids is 1. The van der Waals surface area contributed by atoms with Crippen molar-refractivity contribution in [1.29, 1.82) is 0 Å². The number of halogens is 2. The van der Waals surface area contributed by atoms with Gasteiger partial charge in [-0.1, -0.05) is 65.8 Å². The minimum atomic E-state index is -0.767. The largest absolute Gasteiger partial charge is 0.481 e. The van der Waals surface area contributed by atoms with Crippen LogP contribution in [0.4, 0.5) is 0 Å². The number of carboxylic acid groups (broad SMARTS) is 1. The predicted molar refractivity (Wildman–Crippen MR) is 128 cm³/mol. The number of carboxylic acids is 1. The van der Waals surface area contributed by atoms with Crippen LogP contribution in [0.5, 0.6) is 0 Å². The number of nitrogens with zero attached hydrogens (tertiary/aromatic N) is 1. The lowest BCUT2D eigenvalue weighted by atomic mass is 10.2. The average Bonchev–Trinajstić information content (AvgIpc) is 3.23. The van der Waals surface area contributed by atoms with Crippen molar-refractivity contribution in [3.63, 3.8) is 0 Å². The molecule has 0 unspecified atom stereocenters. The first kappa shape index (κ1) is 22.3. The predicted octanol–water partition coefficient (Wildman–Crippen LogP) is 6.90. The molecule has 2 aromatic rings. The summed E-state index contributed by atoms with van der Waals surface area (Å²) >= 11 is 24.5. The van der Waals surface area contributed by atoms with Crippen molar-refractivity contribution in [2.45, 2.75) is 25.7 Å². The van der Waals surface area contributed by atoms with Gasteiger partial charge in [-0.25, -0.2) is 0 Å². The molecule has 1 aromatic carbocycles. The van der Waals surface area contributed by atoms with Crippen molar-refractivity contribution in [1.82, 2.24) is 4.90 Å². The van der Waals surface area contributed by atoms with Crippen molar-refractivity contribution in [2.75, 3.05) is 6.54 Å². The van der Waals surface area contributed by atoms with Crippen molar-refractivity contribution in [3.05, 3.63) is 51.0 Å². The number of unbranched alkanes of at least 4 members (excludes halogenated alkanes) is 2. The first-order valence-corrected chi connectivity index (χ1v) is 11.3. The van der Waals surface area contributed by atoms with Crippen molar-refractivity contribution < 1.29 is 14.3 Å². The van der Waals surface area contributed by atoms with Crippen LogP contribution in [0.1, 0.15) is 31.4 Å². The highest BCUT2D eigenvalue weighted by molar-refractivity contribution is 8.27.